The SMILES string of the molecule is CN(CC(=O)NCc1ccc(Cl)cc1)CC(=O)N1CCOCC1. The molecule has 1 aromatic carbocycles. The van der Waals surface area contributed by atoms with Gasteiger partial charge in [-0.15, -0.1) is 0 Å². The molecule has 0 spiro atoms. The molecule has 23 heavy (non-hydrogen) atoms. The smallest absolute Gasteiger partial charge is 0.236 e. The van der Waals surface area contributed by atoms with Crippen molar-refractivity contribution in [1.82, 2.24) is 15.1 Å². The maximum Gasteiger partial charge on any atom is 0.236 e. The molecule has 1 aromatic rings. The highest BCUT2D eigenvalue weighted by molar-refractivity contribution is 6.30. The number of nitrogens with one attached hydrogen (secondary N) is 1. The number of benzene rings is 1. The van der Waals surface area contributed by atoms with E-state index >= 15 is 0 Å². The number of amides is 2. The van der Waals surface area contributed by atoms with Gasteiger partial charge < -0.3 is 15.0 Å². The lowest BCUT2D eigenvalue weighted by Gasteiger charge is -2.28. The highest BCUT2D eigenvalue weighted by Crippen LogP contribution is 2.09. The first-order valence-electron chi connectivity index (χ1n) is 7.60. The van der Waals surface area contributed by atoms with Crippen LogP contribution in [0.15, 0.2) is 24.3 Å². The maximum atomic E-state index is 12.1. The largest absolute Gasteiger partial charge is 0.378 e. The standard InChI is InChI=1S/C16H22ClN3O3/c1-19(12-16(22)20-6-8-23-9-7-20)11-15(21)18-10-13-2-4-14(17)5-3-13/h2-5H,6-12H2,1H3,(H,18,21). The second kappa shape index (κ2) is 8.86. The predicted molar refractivity (Wildman–Crippen MR) is 88.2 cm³/mol. The monoisotopic (exact) mass is 339 g/mol. The number of hydrogen-bond acceptors (Lipinski definition) is 4. The maximum absolute atomic E-state index is 12.1. The van der Waals surface area contributed by atoms with Gasteiger partial charge in [0.2, 0.25) is 11.8 Å². The first-order chi connectivity index (χ1) is 11.0. The average molecular weight is 340 g/mol. The van der Waals surface area contributed by atoms with Crippen LogP contribution in [-0.2, 0) is 20.9 Å². The van der Waals surface area contributed by atoms with Crippen molar-refractivity contribution < 1.29 is 14.3 Å². The highest BCUT2D eigenvalue weighted by Gasteiger charge is 2.19. The lowest BCUT2D eigenvalue weighted by atomic mass is 10.2. The zero-order chi connectivity index (χ0) is 16.7. The van der Waals surface area contributed by atoms with E-state index < -0.39 is 0 Å². The molecule has 1 fully saturated rings. The molecule has 0 bridgehead atoms. The summed E-state index contributed by atoms with van der Waals surface area (Å²) in [6, 6.07) is 7.31. The molecule has 0 aliphatic carbocycles. The van der Waals surface area contributed by atoms with Crippen LogP contribution in [0.4, 0.5) is 0 Å². The number of carbonyl (C=O) groups excluding carboxylic acids is 2. The summed E-state index contributed by atoms with van der Waals surface area (Å²) in [5.41, 5.74) is 0.981. The second-order valence-corrected chi connectivity index (χ2v) is 6.01. The molecular weight excluding hydrogens is 318 g/mol. The lowest BCUT2D eigenvalue weighted by Crippen LogP contribution is -2.46. The van der Waals surface area contributed by atoms with Crippen molar-refractivity contribution in [3.8, 4) is 0 Å². The van der Waals surface area contributed by atoms with Gasteiger partial charge in [-0.1, -0.05) is 23.7 Å². The Morgan fingerprint density at radius 1 is 1.22 bits per heavy atom. The van der Waals surface area contributed by atoms with Crippen molar-refractivity contribution in [1.29, 1.82) is 0 Å². The van der Waals surface area contributed by atoms with Gasteiger partial charge in [-0.25, -0.2) is 0 Å². The molecule has 7 heteroatoms. The lowest BCUT2D eigenvalue weighted by molar-refractivity contribution is -0.136. The normalized spacial score (nSPS) is 14.8. The van der Waals surface area contributed by atoms with E-state index in [1.165, 1.54) is 0 Å². The number of nitrogens with zero attached hydrogens (tertiary/aromatic N) is 2. The fourth-order valence-electron chi connectivity index (χ4n) is 2.30. The van der Waals surface area contributed by atoms with E-state index in [1.54, 1.807) is 29.0 Å². The molecule has 1 saturated heterocycles. The molecule has 1 aliphatic heterocycles. The van der Waals surface area contributed by atoms with Gasteiger partial charge in [0, 0.05) is 24.7 Å². The molecule has 0 radical (unpaired) electrons. The summed E-state index contributed by atoms with van der Waals surface area (Å²) in [6.45, 7) is 3.26. The minimum absolute atomic E-state index is 0.0290. The van der Waals surface area contributed by atoms with Crippen LogP contribution in [0.2, 0.25) is 5.02 Å². The van der Waals surface area contributed by atoms with Crippen LogP contribution in [0, 0.1) is 0 Å². The van der Waals surface area contributed by atoms with Crippen molar-refractivity contribution in [3.63, 3.8) is 0 Å². The summed E-state index contributed by atoms with van der Waals surface area (Å²) >= 11 is 5.82. The van der Waals surface area contributed by atoms with Crippen LogP contribution in [-0.4, -0.2) is 68.1 Å². The van der Waals surface area contributed by atoms with Crippen LogP contribution < -0.4 is 5.32 Å². The molecule has 0 unspecified atom stereocenters. The Morgan fingerprint density at radius 2 is 1.87 bits per heavy atom. The molecule has 1 N–H and O–H groups in total. The Kier molecular flexibility index (Phi) is 6.83. The summed E-state index contributed by atoms with van der Waals surface area (Å²) in [4.78, 5) is 27.5. The van der Waals surface area contributed by atoms with Gasteiger partial charge in [0.15, 0.2) is 0 Å². The molecule has 0 aromatic heterocycles. The van der Waals surface area contributed by atoms with Crippen molar-refractivity contribution in [2.75, 3.05) is 46.4 Å². The number of hydrogen-bond donors (Lipinski definition) is 1. The highest BCUT2D eigenvalue weighted by atomic mass is 35.5. The summed E-state index contributed by atoms with van der Waals surface area (Å²) in [7, 11) is 1.76. The van der Waals surface area contributed by atoms with Crippen molar-refractivity contribution in [2.45, 2.75) is 6.54 Å². The fourth-order valence-corrected chi connectivity index (χ4v) is 2.43. The van der Waals surface area contributed by atoms with E-state index in [0.29, 0.717) is 37.9 Å². The van der Waals surface area contributed by atoms with Gasteiger partial charge in [-0.05, 0) is 24.7 Å². The first-order valence-corrected chi connectivity index (χ1v) is 7.97. The van der Waals surface area contributed by atoms with Crippen molar-refractivity contribution in [2.24, 2.45) is 0 Å². The number of halogens is 1. The number of likely N-dealkylation sites (N-methyl/N-ethyl adjacent to an activating group) is 1. The summed E-state index contributed by atoms with van der Waals surface area (Å²) in [5, 5.41) is 3.50. The van der Waals surface area contributed by atoms with E-state index in [1.807, 2.05) is 12.1 Å². The summed E-state index contributed by atoms with van der Waals surface area (Å²) in [6.07, 6.45) is 0. The Hall–Kier alpha value is -1.63. The Bertz CT molecular complexity index is 530. The Labute approximate surface area is 141 Å². The van der Waals surface area contributed by atoms with E-state index in [9.17, 15) is 9.59 Å². The molecule has 126 valence electrons. The molecular formula is C16H22ClN3O3. The van der Waals surface area contributed by atoms with Crippen molar-refractivity contribution in [3.05, 3.63) is 34.9 Å². The number of carbonyl (C=O) groups is 2. The van der Waals surface area contributed by atoms with E-state index in [4.69, 9.17) is 16.3 Å². The average Bonchev–Trinajstić information content (AvgIpc) is 2.55. The van der Waals surface area contributed by atoms with Gasteiger partial charge in [0.25, 0.3) is 0 Å². The van der Waals surface area contributed by atoms with Gasteiger partial charge >= 0.3 is 0 Å². The summed E-state index contributed by atoms with van der Waals surface area (Å²) in [5.74, 6) is -0.0847. The van der Waals surface area contributed by atoms with Crippen LogP contribution >= 0.6 is 11.6 Å². The predicted octanol–water partition coefficient (Wildman–Crippen LogP) is 0.747. The van der Waals surface area contributed by atoms with Gasteiger partial charge in [0.1, 0.15) is 0 Å². The van der Waals surface area contributed by atoms with Crippen LogP contribution in [0.5, 0.6) is 0 Å². The van der Waals surface area contributed by atoms with Gasteiger partial charge in [-0.3, -0.25) is 14.5 Å². The second-order valence-electron chi connectivity index (χ2n) is 5.57. The Balaban J connectivity index is 1.69. The van der Waals surface area contributed by atoms with E-state index in [-0.39, 0.29) is 24.9 Å². The molecule has 2 amide bonds. The number of ether oxygens (including phenoxy) is 1. The quantitative estimate of drug-likeness (QED) is 0.830. The number of rotatable bonds is 6. The zero-order valence-electron chi connectivity index (χ0n) is 13.3. The van der Waals surface area contributed by atoms with Crippen LogP contribution in [0.25, 0.3) is 0 Å². The molecule has 1 heterocycles. The van der Waals surface area contributed by atoms with E-state index in [2.05, 4.69) is 5.32 Å². The molecule has 0 saturated carbocycles. The third-order valence-electron chi connectivity index (χ3n) is 3.59. The minimum Gasteiger partial charge on any atom is -0.378 e. The van der Waals surface area contributed by atoms with Crippen LogP contribution in [0.3, 0.4) is 0 Å². The third kappa shape index (κ3) is 6.17. The molecule has 0 atom stereocenters. The molecule has 1 aliphatic rings. The Morgan fingerprint density at radius 3 is 2.52 bits per heavy atom. The first kappa shape index (κ1) is 17.7. The topological polar surface area (TPSA) is 61.9 Å². The van der Waals surface area contributed by atoms with Crippen LogP contribution in [0.1, 0.15) is 5.56 Å². The molecule has 6 nitrogen and oxygen atoms in total. The minimum atomic E-state index is -0.114. The fraction of sp³-hybridized carbons (Fsp3) is 0.500. The number of morpholine rings is 1. The zero-order valence-corrected chi connectivity index (χ0v) is 14.0. The third-order valence-corrected chi connectivity index (χ3v) is 3.84. The van der Waals surface area contributed by atoms with E-state index in [0.717, 1.165) is 5.56 Å². The van der Waals surface area contributed by atoms with Gasteiger partial charge in [0.05, 0.1) is 26.3 Å². The van der Waals surface area contributed by atoms with Gasteiger partial charge in [-0.2, -0.15) is 0 Å². The summed E-state index contributed by atoms with van der Waals surface area (Å²) < 4.78 is 5.22. The van der Waals surface area contributed by atoms with Crippen molar-refractivity contribution >= 4 is 23.4 Å². The molecule has 2 rings (SSSR count).